The molecular weight excluding hydrogens is 318 g/mol. The number of fused-ring (bicyclic) bond motifs is 1. The Bertz CT molecular complexity index is 590. The first kappa shape index (κ1) is 19.1. The lowest BCUT2D eigenvalue weighted by molar-refractivity contribution is -0.124. The van der Waals surface area contributed by atoms with Crippen molar-refractivity contribution < 1.29 is 14.4 Å². The molecule has 1 atom stereocenters. The summed E-state index contributed by atoms with van der Waals surface area (Å²) in [5.41, 5.74) is 6.32. The summed E-state index contributed by atoms with van der Waals surface area (Å²) in [5.74, 6) is -0.936. The van der Waals surface area contributed by atoms with Crippen LogP contribution in [0.5, 0.6) is 0 Å². The average molecular weight is 340 g/mol. The van der Waals surface area contributed by atoms with Gasteiger partial charge in [0.1, 0.15) is 0 Å². The van der Waals surface area contributed by atoms with Crippen LogP contribution in [0, 0.1) is 5.41 Å². The Labute approximate surface area is 141 Å². The summed E-state index contributed by atoms with van der Waals surface area (Å²) in [6.07, 6.45) is 0. The number of hydrogen-bond acceptors (Lipinski definition) is 4. The molecule has 0 fully saturated rings. The molecule has 3 amide bonds. The van der Waals surface area contributed by atoms with E-state index in [2.05, 4.69) is 5.32 Å². The lowest BCUT2D eigenvalue weighted by Gasteiger charge is -2.26. The van der Waals surface area contributed by atoms with Gasteiger partial charge in [-0.05, 0) is 17.5 Å². The van der Waals surface area contributed by atoms with Crippen LogP contribution in [-0.4, -0.2) is 41.8 Å². The number of nitrogens with two attached hydrogens (primary N) is 1. The van der Waals surface area contributed by atoms with E-state index in [0.717, 1.165) is 4.90 Å². The number of carbonyl (C=O) groups excluding carboxylic acids is 3. The number of rotatable bonds is 4. The lowest BCUT2D eigenvalue weighted by Crippen LogP contribution is -2.50. The van der Waals surface area contributed by atoms with Gasteiger partial charge in [0, 0.05) is 13.1 Å². The van der Waals surface area contributed by atoms with Gasteiger partial charge in [-0.1, -0.05) is 32.9 Å². The van der Waals surface area contributed by atoms with Gasteiger partial charge >= 0.3 is 0 Å². The van der Waals surface area contributed by atoms with Crippen molar-refractivity contribution in [3.8, 4) is 0 Å². The van der Waals surface area contributed by atoms with Gasteiger partial charge in [0.05, 0.1) is 17.2 Å². The standard InChI is InChI=1S/C16H21N3O3.ClH/c1-16(2,3)12(17)13(20)18-8-9-19-14(21)10-6-4-5-7-11(10)15(19)22;/h4-7,12H,8-9,17H2,1-3H3,(H,18,20);1H/t12-;/m1./s1. The summed E-state index contributed by atoms with van der Waals surface area (Å²) in [5, 5.41) is 2.67. The minimum atomic E-state index is -0.644. The SMILES string of the molecule is CC(C)(C)[C@H](N)C(=O)NCCN1C(=O)c2ccccc2C1=O.Cl. The summed E-state index contributed by atoms with van der Waals surface area (Å²) < 4.78 is 0. The molecule has 0 unspecified atom stereocenters. The highest BCUT2D eigenvalue weighted by Gasteiger charge is 2.35. The molecule has 6 nitrogen and oxygen atoms in total. The molecule has 0 saturated heterocycles. The second-order valence-electron chi connectivity index (χ2n) is 6.44. The number of halogens is 1. The van der Waals surface area contributed by atoms with Crippen molar-refractivity contribution in [2.75, 3.05) is 13.1 Å². The molecular formula is C16H22ClN3O3. The molecule has 3 N–H and O–H groups in total. The second-order valence-corrected chi connectivity index (χ2v) is 6.44. The molecule has 0 saturated carbocycles. The van der Waals surface area contributed by atoms with E-state index in [1.54, 1.807) is 24.3 Å². The number of benzene rings is 1. The number of imide groups is 1. The molecule has 7 heteroatoms. The minimum absolute atomic E-state index is 0. The summed E-state index contributed by atoms with van der Waals surface area (Å²) in [6, 6.07) is 6.05. The fourth-order valence-electron chi connectivity index (χ4n) is 2.24. The normalized spacial score (nSPS) is 15.0. The van der Waals surface area contributed by atoms with Crippen molar-refractivity contribution in [1.82, 2.24) is 10.2 Å². The average Bonchev–Trinajstić information content (AvgIpc) is 2.70. The van der Waals surface area contributed by atoms with Crippen molar-refractivity contribution in [2.24, 2.45) is 11.1 Å². The smallest absolute Gasteiger partial charge is 0.261 e. The highest BCUT2D eigenvalue weighted by atomic mass is 35.5. The van der Waals surface area contributed by atoms with E-state index in [9.17, 15) is 14.4 Å². The summed E-state index contributed by atoms with van der Waals surface area (Å²) in [6.45, 7) is 5.95. The molecule has 0 radical (unpaired) electrons. The predicted octanol–water partition coefficient (Wildman–Crippen LogP) is 1.19. The quantitative estimate of drug-likeness (QED) is 0.806. The van der Waals surface area contributed by atoms with Gasteiger partial charge in [0.15, 0.2) is 0 Å². The van der Waals surface area contributed by atoms with Crippen LogP contribution in [0.2, 0.25) is 0 Å². The third kappa shape index (κ3) is 3.89. The lowest BCUT2D eigenvalue weighted by atomic mass is 9.87. The van der Waals surface area contributed by atoms with E-state index < -0.39 is 6.04 Å². The molecule has 1 aromatic carbocycles. The number of nitrogens with one attached hydrogen (secondary N) is 1. The van der Waals surface area contributed by atoms with Gasteiger partial charge in [-0.2, -0.15) is 0 Å². The van der Waals surface area contributed by atoms with Gasteiger partial charge in [-0.3, -0.25) is 19.3 Å². The molecule has 0 spiro atoms. The molecule has 1 aliphatic heterocycles. The van der Waals surface area contributed by atoms with Gasteiger partial charge in [0.25, 0.3) is 11.8 Å². The van der Waals surface area contributed by atoms with Crippen LogP contribution in [0.25, 0.3) is 0 Å². The zero-order valence-electron chi connectivity index (χ0n) is 13.5. The Morgan fingerprint density at radius 3 is 2.09 bits per heavy atom. The molecule has 0 bridgehead atoms. The van der Waals surface area contributed by atoms with Crippen LogP contribution in [0.3, 0.4) is 0 Å². The van der Waals surface area contributed by atoms with Crippen LogP contribution in [0.15, 0.2) is 24.3 Å². The maximum Gasteiger partial charge on any atom is 0.261 e. The first-order valence-electron chi connectivity index (χ1n) is 7.22. The topological polar surface area (TPSA) is 92.5 Å². The number of nitrogens with zero attached hydrogens (tertiary/aromatic N) is 1. The van der Waals surface area contributed by atoms with E-state index in [4.69, 9.17) is 5.73 Å². The zero-order valence-corrected chi connectivity index (χ0v) is 14.3. The molecule has 126 valence electrons. The Balaban J connectivity index is 0.00000264. The van der Waals surface area contributed by atoms with E-state index in [1.807, 2.05) is 20.8 Å². The first-order valence-corrected chi connectivity index (χ1v) is 7.22. The zero-order chi connectivity index (χ0) is 16.5. The Morgan fingerprint density at radius 2 is 1.65 bits per heavy atom. The van der Waals surface area contributed by atoms with E-state index in [0.29, 0.717) is 11.1 Å². The van der Waals surface area contributed by atoms with E-state index in [1.165, 1.54) is 0 Å². The number of hydrogen-bond donors (Lipinski definition) is 2. The monoisotopic (exact) mass is 339 g/mol. The maximum atomic E-state index is 12.1. The predicted molar refractivity (Wildman–Crippen MR) is 89.5 cm³/mol. The van der Waals surface area contributed by atoms with E-state index in [-0.39, 0.29) is 48.6 Å². The van der Waals surface area contributed by atoms with Crippen molar-refractivity contribution >= 4 is 30.1 Å². The number of carbonyl (C=O) groups is 3. The fourth-order valence-corrected chi connectivity index (χ4v) is 2.24. The maximum absolute atomic E-state index is 12.1. The summed E-state index contributed by atoms with van der Waals surface area (Å²) in [7, 11) is 0. The largest absolute Gasteiger partial charge is 0.353 e. The molecule has 1 aliphatic rings. The van der Waals surface area contributed by atoms with Gasteiger partial charge in [0.2, 0.25) is 5.91 Å². The van der Waals surface area contributed by atoms with Gasteiger partial charge in [-0.25, -0.2) is 0 Å². The third-order valence-corrected chi connectivity index (χ3v) is 3.73. The second kappa shape index (κ2) is 7.10. The van der Waals surface area contributed by atoms with Gasteiger partial charge < -0.3 is 11.1 Å². The molecule has 1 heterocycles. The van der Waals surface area contributed by atoms with Crippen LogP contribution < -0.4 is 11.1 Å². The summed E-state index contributed by atoms with van der Waals surface area (Å²) >= 11 is 0. The summed E-state index contributed by atoms with van der Waals surface area (Å²) in [4.78, 5) is 37.4. The molecule has 0 aliphatic carbocycles. The van der Waals surface area contributed by atoms with E-state index >= 15 is 0 Å². The van der Waals surface area contributed by atoms with Crippen LogP contribution in [0.1, 0.15) is 41.5 Å². The van der Waals surface area contributed by atoms with Crippen LogP contribution in [0.4, 0.5) is 0 Å². The van der Waals surface area contributed by atoms with Crippen molar-refractivity contribution in [2.45, 2.75) is 26.8 Å². The highest BCUT2D eigenvalue weighted by Crippen LogP contribution is 2.22. The van der Waals surface area contributed by atoms with Crippen LogP contribution in [-0.2, 0) is 4.79 Å². The fraction of sp³-hybridized carbons (Fsp3) is 0.438. The minimum Gasteiger partial charge on any atom is -0.353 e. The van der Waals surface area contributed by atoms with Crippen molar-refractivity contribution in [3.05, 3.63) is 35.4 Å². The first-order chi connectivity index (χ1) is 10.2. The van der Waals surface area contributed by atoms with Crippen molar-refractivity contribution in [3.63, 3.8) is 0 Å². The van der Waals surface area contributed by atoms with Crippen molar-refractivity contribution in [1.29, 1.82) is 0 Å². The Hall–Kier alpha value is -1.92. The Morgan fingerprint density at radius 1 is 1.17 bits per heavy atom. The molecule has 2 rings (SSSR count). The number of amides is 3. The Kier molecular flexibility index (Phi) is 5.91. The van der Waals surface area contributed by atoms with Gasteiger partial charge in [-0.15, -0.1) is 12.4 Å². The highest BCUT2D eigenvalue weighted by molar-refractivity contribution is 6.21. The van der Waals surface area contributed by atoms with Crippen LogP contribution >= 0.6 is 12.4 Å². The third-order valence-electron chi connectivity index (χ3n) is 3.73. The molecule has 1 aromatic rings. The molecule has 0 aromatic heterocycles. The molecule has 23 heavy (non-hydrogen) atoms.